The Morgan fingerprint density at radius 2 is 1.53 bits per heavy atom. The maximum absolute atomic E-state index is 12.4. The molecule has 0 fully saturated rings. The Hall–Kier alpha value is -3.92. The number of nitrogens with one attached hydrogen (secondary N) is 1. The third-order valence-corrected chi connectivity index (χ3v) is 4.67. The zero-order valence-electron chi connectivity index (χ0n) is 16.5. The summed E-state index contributed by atoms with van der Waals surface area (Å²) < 4.78 is 5.75. The van der Waals surface area contributed by atoms with Crippen LogP contribution >= 0.6 is 0 Å². The van der Waals surface area contributed by atoms with Crippen LogP contribution in [0.4, 0.5) is 0 Å². The fourth-order valence-corrected chi connectivity index (χ4v) is 3.14. The molecule has 0 radical (unpaired) electrons. The van der Waals surface area contributed by atoms with Crippen LogP contribution in [-0.4, -0.2) is 10.9 Å². The van der Waals surface area contributed by atoms with Crippen molar-refractivity contribution in [3.63, 3.8) is 0 Å². The van der Waals surface area contributed by atoms with Gasteiger partial charge < -0.3 is 10.1 Å². The summed E-state index contributed by atoms with van der Waals surface area (Å²) in [6, 6.07) is 31.5. The van der Waals surface area contributed by atoms with E-state index in [0.29, 0.717) is 24.6 Å². The first-order valence-corrected chi connectivity index (χ1v) is 9.85. The molecule has 0 saturated carbocycles. The average molecular weight is 394 g/mol. The highest BCUT2D eigenvalue weighted by molar-refractivity contribution is 5.78. The summed E-state index contributed by atoms with van der Waals surface area (Å²) in [7, 11) is 0. The zero-order chi connectivity index (χ0) is 20.6. The molecular weight excluding hydrogens is 372 g/mol. The van der Waals surface area contributed by atoms with Crippen molar-refractivity contribution in [1.82, 2.24) is 10.3 Å². The maximum Gasteiger partial charge on any atom is 0.224 e. The van der Waals surface area contributed by atoms with Gasteiger partial charge in [0.1, 0.15) is 5.75 Å². The van der Waals surface area contributed by atoms with Gasteiger partial charge in [-0.25, -0.2) is 4.98 Å². The molecule has 4 aromatic rings. The molecule has 0 saturated heterocycles. The minimum atomic E-state index is -0.0153. The van der Waals surface area contributed by atoms with Crippen molar-refractivity contribution in [2.45, 2.75) is 13.0 Å². The van der Waals surface area contributed by atoms with Crippen LogP contribution in [0.3, 0.4) is 0 Å². The Labute approximate surface area is 176 Å². The molecule has 0 aliphatic rings. The highest BCUT2D eigenvalue weighted by Crippen LogP contribution is 2.21. The Balaban J connectivity index is 1.31. The van der Waals surface area contributed by atoms with E-state index in [1.165, 1.54) is 5.56 Å². The topological polar surface area (TPSA) is 51.2 Å². The number of hydrogen-bond donors (Lipinski definition) is 1. The Morgan fingerprint density at radius 3 is 2.30 bits per heavy atom. The lowest BCUT2D eigenvalue weighted by Gasteiger charge is -2.09. The van der Waals surface area contributed by atoms with Crippen LogP contribution in [0.15, 0.2) is 103 Å². The predicted molar refractivity (Wildman–Crippen MR) is 118 cm³/mol. The van der Waals surface area contributed by atoms with E-state index < -0.39 is 0 Å². The summed E-state index contributed by atoms with van der Waals surface area (Å²) in [4.78, 5) is 16.5. The summed E-state index contributed by atoms with van der Waals surface area (Å²) in [5.41, 5.74) is 4.27. The molecule has 0 bridgehead atoms. The van der Waals surface area contributed by atoms with Gasteiger partial charge in [0.25, 0.3) is 0 Å². The second-order valence-corrected chi connectivity index (χ2v) is 6.93. The second-order valence-electron chi connectivity index (χ2n) is 6.93. The number of carbonyl (C=O) groups is 1. The normalized spacial score (nSPS) is 10.4. The van der Waals surface area contributed by atoms with Crippen molar-refractivity contribution in [3.05, 3.63) is 114 Å². The molecule has 30 heavy (non-hydrogen) atoms. The van der Waals surface area contributed by atoms with Crippen LogP contribution in [0, 0.1) is 0 Å². The minimum absolute atomic E-state index is 0.0153. The van der Waals surface area contributed by atoms with E-state index in [4.69, 9.17) is 4.74 Å². The number of ether oxygens (including phenoxy) is 1. The van der Waals surface area contributed by atoms with Crippen LogP contribution < -0.4 is 10.1 Å². The molecule has 1 aromatic heterocycles. The van der Waals surface area contributed by atoms with Crippen LogP contribution in [-0.2, 0) is 17.8 Å². The first-order chi connectivity index (χ1) is 14.8. The van der Waals surface area contributed by atoms with Crippen molar-refractivity contribution >= 4 is 5.91 Å². The van der Waals surface area contributed by atoms with Gasteiger partial charge in [-0.05, 0) is 40.5 Å². The van der Waals surface area contributed by atoms with Crippen molar-refractivity contribution in [2.24, 2.45) is 0 Å². The van der Waals surface area contributed by atoms with E-state index in [-0.39, 0.29) is 5.91 Å². The molecular formula is C26H22N2O2. The quantitative estimate of drug-likeness (QED) is 0.457. The summed E-state index contributed by atoms with van der Waals surface area (Å²) in [5, 5.41) is 2.97. The maximum atomic E-state index is 12.4. The first kappa shape index (κ1) is 19.4. The number of amides is 1. The fraction of sp³-hybridized carbons (Fsp3) is 0.0769. The van der Waals surface area contributed by atoms with Gasteiger partial charge in [0.15, 0.2) is 0 Å². The predicted octanol–water partition coefficient (Wildman–Crippen LogP) is 5.40. The van der Waals surface area contributed by atoms with Gasteiger partial charge in [-0.15, -0.1) is 0 Å². The van der Waals surface area contributed by atoms with Crippen molar-refractivity contribution < 1.29 is 9.53 Å². The molecule has 148 valence electrons. The monoisotopic (exact) mass is 394 g/mol. The second kappa shape index (κ2) is 9.52. The van der Waals surface area contributed by atoms with E-state index in [9.17, 15) is 4.79 Å². The number of benzene rings is 3. The zero-order valence-corrected chi connectivity index (χ0v) is 16.5. The molecule has 4 heteroatoms. The summed E-state index contributed by atoms with van der Waals surface area (Å²) >= 11 is 0. The molecule has 1 heterocycles. The van der Waals surface area contributed by atoms with Crippen LogP contribution in [0.2, 0.25) is 0 Å². The molecule has 0 atom stereocenters. The number of nitrogens with zero attached hydrogens (tertiary/aromatic N) is 1. The number of rotatable bonds is 7. The molecule has 3 aromatic carbocycles. The van der Waals surface area contributed by atoms with Crippen molar-refractivity contribution in [1.29, 1.82) is 0 Å². The minimum Gasteiger partial charge on any atom is -0.439 e. The summed E-state index contributed by atoms with van der Waals surface area (Å²) in [6.07, 6.45) is 2.03. The first-order valence-electron chi connectivity index (χ1n) is 9.85. The standard InChI is InChI=1S/C26H22N2O2/c29-25(18-20-12-14-23(15-13-20)22-8-2-1-3-9-22)28-19-21-7-6-10-24(17-21)30-26-11-4-5-16-27-26/h1-17H,18-19H2,(H,28,29). The van der Waals surface area contributed by atoms with Crippen LogP contribution in [0.25, 0.3) is 11.1 Å². The fourth-order valence-electron chi connectivity index (χ4n) is 3.14. The van der Waals surface area contributed by atoms with Gasteiger partial charge in [-0.2, -0.15) is 0 Å². The van der Waals surface area contributed by atoms with Crippen molar-refractivity contribution in [2.75, 3.05) is 0 Å². The largest absolute Gasteiger partial charge is 0.439 e. The molecule has 4 rings (SSSR count). The van der Waals surface area contributed by atoms with E-state index in [2.05, 4.69) is 34.6 Å². The van der Waals surface area contributed by atoms with Crippen LogP contribution in [0.1, 0.15) is 11.1 Å². The molecule has 0 unspecified atom stereocenters. The van der Waals surface area contributed by atoms with Gasteiger partial charge >= 0.3 is 0 Å². The highest BCUT2D eigenvalue weighted by atomic mass is 16.5. The van der Waals surface area contributed by atoms with Crippen LogP contribution in [0.5, 0.6) is 11.6 Å². The van der Waals surface area contributed by atoms with Gasteiger partial charge in [0, 0.05) is 18.8 Å². The van der Waals surface area contributed by atoms with Crippen molar-refractivity contribution in [3.8, 4) is 22.8 Å². The lowest BCUT2D eigenvalue weighted by Crippen LogP contribution is -2.24. The van der Waals surface area contributed by atoms with Gasteiger partial charge in [0.05, 0.1) is 6.42 Å². The summed E-state index contributed by atoms with van der Waals surface area (Å²) in [6.45, 7) is 0.445. The highest BCUT2D eigenvalue weighted by Gasteiger charge is 2.06. The third kappa shape index (κ3) is 5.32. The van der Waals surface area contributed by atoms with Gasteiger partial charge in [-0.3, -0.25) is 4.79 Å². The Kier molecular flexibility index (Phi) is 6.16. The number of hydrogen-bond acceptors (Lipinski definition) is 3. The number of carbonyl (C=O) groups excluding carboxylic acids is 1. The molecule has 0 aliphatic heterocycles. The SMILES string of the molecule is O=C(Cc1ccc(-c2ccccc2)cc1)NCc1cccc(Oc2ccccn2)c1. The van der Waals surface area contributed by atoms with Gasteiger partial charge in [-0.1, -0.05) is 72.8 Å². The molecule has 1 amide bonds. The Bertz CT molecular complexity index is 1090. The van der Waals surface area contributed by atoms with E-state index in [1.54, 1.807) is 12.3 Å². The average Bonchev–Trinajstić information content (AvgIpc) is 2.80. The Morgan fingerprint density at radius 1 is 0.767 bits per heavy atom. The van der Waals surface area contributed by atoms with Gasteiger partial charge in [0.2, 0.25) is 11.8 Å². The number of aromatic nitrogens is 1. The molecule has 0 spiro atoms. The van der Waals surface area contributed by atoms with E-state index >= 15 is 0 Å². The van der Waals surface area contributed by atoms with E-state index in [0.717, 1.165) is 16.7 Å². The smallest absolute Gasteiger partial charge is 0.224 e. The lowest BCUT2D eigenvalue weighted by atomic mass is 10.0. The lowest BCUT2D eigenvalue weighted by molar-refractivity contribution is -0.120. The summed E-state index contributed by atoms with van der Waals surface area (Å²) in [5.74, 6) is 1.22. The molecule has 4 nitrogen and oxygen atoms in total. The molecule has 1 N–H and O–H groups in total. The molecule has 0 aliphatic carbocycles. The number of pyridine rings is 1. The van der Waals surface area contributed by atoms with E-state index in [1.807, 2.05) is 66.7 Å². The third-order valence-electron chi connectivity index (χ3n) is 4.67.